The maximum Gasteiger partial charge on any atom is 0.338 e. The molecular weight excluding hydrogens is 509 g/mol. The topological polar surface area (TPSA) is 114 Å². The summed E-state index contributed by atoms with van der Waals surface area (Å²) < 4.78 is 20.7. The zero-order valence-corrected chi connectivity index (χ0v) is 24.1. The van der Waals surface area contributed by atoms with E-state index in [1.54, 1.807) is 12.2 Å². The third-order valence-electron chi connectivity index (χ3n) is 10.2. The molecule has 1 aromatic carbocycles. The predicted octanol–water partition coefficient (Wildman–Crippen LogP) is 4.37. The maximum absolute atomic E-state index is 14.5. The lowest BCUT2D eigenvalue weighted by molar-refractivity contribution is -0.131. The van der Waals surface area contributed by atoms with Crippen molar-refractivity contribution in [3.05, 3.63) is 53.4 Å². The SMILES string of the molecule is C[C@H](N)CN[C@@H](C)CNc1cc(C(=O)OC2CCC3C4CCC5=CC(=O)C=CC5(C)C4C(O)CC23C)ccc1F. The number of hydrogen-bond donors (Lipinski definition) is 4. The van der Waals surface area contributed by atoms with E-state index in [1.165, 1.54) is 18.2 Å². The van der Waals surface area contributed by atoms with Crippen LogP contribution in [0.3, 0.4) is 0 Å². The van der Waals surface area contributed by atoms with Gasteiger partial charge in [-0.1, -0.05) is 25.5 Å². The molecule has 1 aromatic rings. The van der Waals surface area contributed by atoms with Crippen LogP contribution in [0.4, 0.5) is 10.1 Å². The van der Waals surface area contributed by atoms with E-state index in [1.807, 2.05) is 19.9 Å². The second kappa shape index (κ2) is 11.0. The molecule has 8 heteroatoms. The first kappa shape index (κ1) is 29.0. The van der Waals surface area contributed by atoms with Gasteiger partial charge in [-0.3, -0.25) is 4.79 Å². The molecule has 3 fully saturated rings. The van der Waals surface area contributed by atoms with Crippen molar-refractivity contribution in [2.75, 3.05) is 18.4 Å². The summed E-state index contributed by atoms with van der Waals surface area (Å²) in [6.45, 7) is 9.35. The van der Waals surface area contributed by atoms with Crippen LogP contribution in [0.1, 0.15) is 70.2 Å². The molecule has 0 heterocycles. The Morgan fingerprint density at radius 1 is 1.23 bits per heavy atom. The molecule has 0 saturated heterocycles. The number of ketones is 1. The smallest absolute Gasteiger partial charge is 0.338 e. The molecule has 3 saturated carbocycles. The third-order valence-corrected chi connectivity index (χ3v) is 10.2. The largest absolute Gasteiger partial charge is 0.458 e. The molecule has 218 valence electrons. The quantitative estimate of drug-likeness (QED) is 0.354. The molecule has 7 nitrogen and oxygen atoms in total. The fourth-order valence-electron chi connectivity index (χ4n) is 8.18. The van der Waals surface area contributed by atoms with Crippen LogP contribution in [-0.4, -0.2) is 54.2 Å². The number of ether oxygens (including phenoxy) is 1. The van der Waals surface area contributed by atoms with Gasteiger partial charge in [0.05, 0.1) is 17.4 Å². The number of allylic oxidation sites excluding steroid dienone is 4. The van der Waals surface area contributed by atoms with Crippen LogP contribution in [0.2, 0.25) is 0 Å². The number of anilines is 1. The Hall–Kier alpha value is -2.55. The second-order valence-electron chi connectivity index (χ2n) is 13.1. The second-order valence-corrected chi connectivity index (χ2v) is 13.1. The Morgan fingerprint density at radius 3 is 2.75 bits per heavy atom. The number of aliphatic hydroxyl groups excluding tert-OH is 1. The van der Waals surface area contributed by atoms with E-state index >= 15 is 0 Å². The highest BCUT2D eigenvalue weighted by Crippen LogP contribution is 2.65. The minimum atomic E-state index is -0.559. The summed E-state index contributed by atoms with van der Waals surface area (Å²) in [4.78, 5) is 25.4. The van der Waals surface area contributed by atoms with Crippen molar-refractivity contribution >= 4 is 17.4 Å². The molecule has 0 bridgehead atoms. The lowest BCUT2D eigenvalue weighted by Gasteiger charge is -2.58. The van der Waals surface area contributed by atoms with Gasteiger partial charge in [0.2, 0.25) is 0 Å². The molecule has 40 heavy (non-hydrogen) atoms. The van der Waals surface area contributed by atoms with Crippen LogP contribution in [0.15, 0.2) is 42.0 Å². The number of aliphatic hydroxyl groups is 1. The Morgan fingerprint density at radius 2 is 2.00 bits per heavy atom. The molecule has 9 atom stereocenters. The van der Waals surface area contributed by atoms with E-state index in [0.717, 1.165) is 31.3 Å². The molecule has 0 aromatic heterocycles. The zero-order valence-electron chi connectivity index (χ0n) is 24.1. The van der Waals surface area contributed by atoms with Gasteiger partial charge in [0.15, 0.2) is 5.78 Å². The summed E-state index contributed by atoms with van der Waals surface area (Å²) in [6.07, 6.45) is 8.54. The molecule has 0 radical (unpaired) electrons. The van der Waals surface area contributed by atoms with Gasteiger partial charge in [-0.2, -0.15) is 0 Å². The van der Waals surface area contributed by atoms with Gasteiger partial charge in [0.25, 0.3) is 0 Å². The average Bonchev–Trinajstić information content (AvgIpc) is 3.22. The number of nitrogens with one attached hydrogen (secondary N) is 2. The Labute approximate surface area is 236 Å². The van der Waals surface area contributed by atoms with Gasteiger partial charge in [0.1, 0.15) is 11.9 Å². The van der Waals surface area contributed by atoms with Gasteiger partial charge in [-0.15, -0.1) is 0 Å². The van der Waals surface area contributed by atoms with E-state index in [2.05, 4.69) is 24.5 Å². The van der Waals surface area contributed by atoms with Gasteiger partial charge >= 0.3 is 5.97 Å². The van der Waals surface area contributed by atoms with Crippen molar-refractivity contribution in [1.82, 2.24) is 5.32 Å². The molecule has 4 aliphatic rings. The number of benzene rings is 1. The Bertz CT molecular complexity index is 1210. The molecule has 0 amide bonds. The first-order valence-electron chi connectivity index (χ1n) is 14.8. The normalized spacial score (nSPS) is 36.1. The van der Waals surface area contributed by atoms with Crippen LogP contribution in [0.5, 0.6) is 0 Å². The van der Waals surface area contributed by atoms with E-state index in [-0.39, 0.29) is 52.3 Å². The number of halogens is 1. The van der Waals surface area contributed by atoms with Crippen molar-refractivity contribution in [1.29, 1.82) is 0 Å². The van der Waals surface area contributed by atoms with Crippen LogP contribution in [0.25, 0.3) is 0 Å². The summed E-state index contributed by atoms with van der Waals surface area (Å²) in [5.74, 6) is -0.219. The molecule has 5 rings (SSSR count). The Kier molecular flexibility index (Phi) is 7.98. The van der Waals surface area contributed by atoms with Gasteiger partial charge in [-0.05, 0) is 88.1 Å². The van der Waals surface area contributed by atoms with Crippen molar-refractivity contribution in [3.63, 3.8) is 0 Å². The number of fused-ring (bicyclic) bond motifs is 5. The van der Waals surface area contributed by atoms with Crippen LogP contribution in [-0.2, 0) is 9.53 Å². The highest BCUT2D eigenvalue weighted by molar-refractivity contribution is 6.01. The highest BCUT2D eigenvalue weighted by atomic mass is 19.1. The standard InChI is InChI=1S/C32H44FN3O4/c1-18(34)16-35-19(2)17-36-26-13-20(5-9-25(26)33)30(39)40-28-10-8-24-23-7-6-21-14-22(37)11-12-31(21,3)29(23)27(38)15-32(24,28)4/h5,9,11-14,18-19,23-24,27-29,35-36,38H,6-8,10,15-17,34H2,1-4H3/t18-,19-,23?,24?,27?,28?,29?,31?,32?/m0/s1. The fraction of sp³-hybridized carbons (Fsp3) is 0.625. The van der Waals surface area contributed by atoms with Crippen molar-refractivity contribution in [3.8, 4) is 0 Å². The van der Waals surface area contributed by atoms with Crippen LogP contribution >= 0.6 is 0 Å². The Balaban J connectivity index is 1.27. The number of hydrogen-bond acceptors (Lipinski definition) is 7. The minimum absolute atomic E-state index is 0.0239. The number of nitrogens with two attached hydrogens (primary N) is 1. The number of carbonyl (C=O) groups excluding carboxylic acids is 2. The summed E-state index contributed by atoms with van der Waals surface area (Å²) in [5, 5.41) is 17.9. The molecule has 4 aliphatic carbocycles. The van der Waals surface area contributed by atoms with Crippen molar-refractivity contribution in [2.24, 2.45) is 34.3 Å². The number of rotatable bonds is 8. The summed E-state index contributed by atoms with van der Waals surface area (Å²) in [6, 6.07) is 4.37. The van der Waals surface area contributed by atoms with E-state index in [4.69, 9.17) is 10.5 Å². The monoisotopic (exact) mass is 553 g/mol. The first-order chi connectivity index (χ1) is 18.9. The zero-order chi connectivity index (χ0) is 28.8. The molecular formula is C32H44FN3O4. The average molecular weight is 554 g/mol. The van der Waals surface area contributed by atoms with Crippen molar-refractivity contribution < 1.29 is 23.8 Å². The molecule has 0 spiro atoms. The van der Waals surface area contributed by atoms with Gasteiger partial charge in [0, 0.05) is 41.9 Å². The summed E-state index contributed by atoms with van der Waals surface area (Å²) >= 11 is 0. The lowest BCUT2D eigenvalue weighted by Crippen LogP contribution is -2.56. The highest BCUT2D eigenvalue weighted by Gasteiger charge is 2.62. The maximum atomic E-state index is 14.5. The van der Waals surface area contributed by atoms with Gasteiger partial charge in [-0.25, -0.2) is 9.18 Å². The van der Waals surface area contributed by atoms with E-state index < -0.39 is 17.9 Å². The number of carbonyl (C=O) groups is 2. The fourth-order valence-corrected chi connectivity index (χ4v) is 8.18. The summed E-state index contributed by atoms with van der Waals surface area (Å²) in [5.41, 5.74) is 6.82. The van der Waals surface area contributed by atoms with Crippen LogP contribution in [0, 0.1) is 34.4 Å². The first-order valence-corrected chi connectivity index (χ1v) is 14.8. The minimum Gasteiger partial charge on any atom is -0.458 e. The number of esters is 1. The van der Waals surface area contributed by atoms with E-state index in [9.17, 15) is 19.1 Å². The summed E-state index contributed by atoms with van der Waals surface area (Å²) in [7, 11) is 0. The lowest BCUT2D eigenvalue weighted by atomic mass is 9.47. The third kappa shape index (κ3) is 5.26. The predicted molar refractivity (Wildman–Crippen MR) is 153 cm³/mol. The molecule has 0 aliphatic heterocycles. The molecule has 5 N–H and O–H groups in total. The van der Waals surface area contributed by atoms with E-state index in [0.29, 0.717) is 31.0 Å². The molecule has 7 unspecified atom stereocenters. The van der Waals surface area contributed by atoms with Crippen molar-refractivity contribution in [2.45, 2.75) is 84.1 Å². The van der Waals surface area contributed by atoms with Crippen LogP contribution < -0.4 is 16.4 Å². The van der Waals surface area contributed by atoms with Gasteiger partial charge < -0.3 is 26.2 Å².